The molecule has 8 nitrogen and oxygen atoms in total. The molecule has 130 valence electrons. The van der Waals surface area contributed by atoms with Gasteiger partial charge in [-0.05, 0) is 25.5 Å². The standard InChI is InChI=1S/C18H16N6O2/c1-11-14-3-5-24(15(14)9-23(11)10-20)18(25)17-22-8-16(26-17)12-2-4-21-13(6-12)7-19/h2,4,6,8,11,14-15H,3,5,9H2,1H3/t11?,14?,15-/m0/s1. The molecule has 0 bridgehead atoms. The zero-order valence-corrected chi connectivity index (χ0v) is 14.2. The molecule has 0 N–H and O–H groups in total. The second-order valence-electron chi connectivity index (χ2n) is 6.58. The molecule has 1 amide bonds. The molecule has 0 saturated carbocycles. The first kappa shape index (κ1) is 16.1. The topological polar surface area (TPSA) is 110 Å². The summed E-state index contributed by atoms with van der Waals surface area (Å²) >= 11 is 0. The lowest BCUT2D eigenvalue weighted by molar-refractivity contribution is 0.0692. The summed E-state index contributed by atoms with van der Waals surface area (Å²) < 4.78 is 5.65. The number of hydrogen-bond acceptors (Lipinski definition) is 7. The van der Waals surface area contributed by atoms with Gasteiger partial charge < -0.3 is 14.2 Å². The van der Waals surface area contributed by atoms with E-state index >= 15 is 0 Å². The number of pyridine rings is 1. The van der Waals surface area contributed by atoms with Gasteiger partial charge in [-0.3, -0.25) is 4.79 Å². The van der Waals surface area contributed by atoms with Crippen LogP contribution in [0.25, 0.3) is 11.3 Å². The second-order valence-corrected chi connectivity index (χ2v) is 6.58. The molecule has 26 heavy (non-hydrogen) atoms. The Balaban J connectivity index is 1.56. The molecule has 2 aromatic heterocycles. The number of rotatable bonds is 2. The summed E-state index contributed by atoms with van der Waals surface area (Å²) in [6.45, 7) is 3.22. The van der Waals surface area contributed by atoms with Crippen LogP contribution in [0.2, 0.25) is 0 Å². The summed E-state index contributed by atoms with van der Waals surface area (Å²) in [5.41, 5.74) is 0.915. The van der Waals surface area contributed by atoms with Crippen LogP contribution in [0.15, 0.2) is 28.9 Å². The lowest BCUT2D eigenvalue weighted by Gasteiger charge is -2.22. The highest BCUT2D eigenvalue weighted by Crippen LogP contribution is 2.36. The monoisotopic (exact) mass is 348 g/mol. The largest absolute Gasteiger partial charge is 0.432 e. The summed E-state index contributed by atoms with van der Waals surface area (Å²) in [4.78, 5) is 24.4. The van der Waals surface area contributed by atoms with Crippen molar-refractivity contribution in [2.75, 3.05) is 13.1 Å². The minimum atomic E-state index is -0.259. The van der Waals surface area contributed by atoms with E-state index in [1.807, 2.05) is 13.0 Å². The molecule has 0 aliphatic carbocycles. The molecule has 0 radical (unpaired) electrons. The molecule has 8 heteroatoms. The van der Waals surface area contributed by atoms with Crippen LogP contribution in [-0.2, 0) is 0 Å². The molecule has 2 aliphatic heterocycles. The number of likely N-dealkylation sites (tertiary alicyclic amines) is 2. The zero-order valence-electron chi connectivity index (χ0n) is 14.2. The molecular weight excluding hydrogens is 332 g/mol. The van der Waals surface area contributed by atoms with Crippen molar-refractivity contribution in [1.29, 1.82) is 10.5 Å². The lowest BCUT2D eigenvalue weighted by atomic mass is 9.98. The summed E-state index contributed by atoms with van der Waals surface area (Å²) in [6.07, 6.45) is 6.07. The van der Waals surface area contributed by atoms with Gasteiger partial charge in [-0.2, -0.15) is 10.5 Å². The molecule has 3 atom stereocenters. The molecule has 0 aromatic carbocycles. The van der Waals surface area contributed by atoms with Crippen LogP contribution in [0.3, 0.4) is 0 Å². The maximum Gasteiger partial charge on any atom is 0.310 e. The minimum absolute atomic E-state index is 0.0126. The van der Waals surface area contributed by atoms with E-state index in [2.05, 4.69) is 16.2 Å². The van der Waals surface area contributed by atoms with Crippen LogP contribution in [0, 0.1) is 28.7 Å². The first-order chi connectivity index (χ1) is 12.6. The van der Waals surface area contributed by atoms with E-state index in [-0.39, 0.29) is 29.6 Å². The third-order valence-corrected chi connectivity index (χ3v) is 5.33. The Kier molecular flexibility index (Phi) is 3.81. The smallest absolute Gasteiger partial charge is 0.310 e. The Labute approximate surface area is 150 Å². The highest BCUT2D eigenvalue weighted by Gasteiger charge is 2.48. The molecule has 2 unspecified atom stereocenters. The Bertz CT molecular complexity index is 940. The highest BCUT2D eigenvalue weighted by atomic mass is 16.4. The zero-order chi connectivity index (χ0) is 18.3. The van der Waals surface area contributed by atoms with Crippen LogP contribution in [0.5, 0.6) is 0 Å². The lowest BCUT2D eigenvalue weighted by Crippen LogP contribution is -2.39. The Morgan fingerprint density at radius 1 is 1.38 bits per heavy atom. The van der Waals surface area contributed by atoms with E-state index in [0.29, 0.717) is 30.3 Å². The van der Waals surface area contributed by atoms with Gasteiger partial charge in [0, 0.05) is 36.8 Å². The number of amides is 1. The van der Waals surface area contributed by atoms with Gasteiger partial charge in [0.2, 0.25) is 0 Å². The van der Waals surface area contributed by atoms with E-state index in [1.54, 1.807) is 21.9 Å². The van der Waals surface area contributed by atoms with E-state index in [0.717, 1.165) is 6.42 Å². The first-order valence-electron chi connectivity index (χ1n) is 8.42. The van der Waals surface area contributed by atoms with Crippen molar-refractivity contribution in [2.24, 2.45) is 5.92 Å². The fraction of sp³-hybridized carbons (Fsp3) is 0.389. The van der Waals surface area contributed by atoms with Gasteiger partial charge in [0.1, 0.15) is 11.8 Å². The first-order valence-corrected chi connectivity index (χ1v) is 8.42. The quantitative estimate of drug-likeness (QED) is 0.758. The van der Waals surface area contributed by atoms with Gasteiger partial charge in [-0.15, -0.1) is 0 Å². The van der Waals surface area contributed by atoms with Crippen molar-refractivity contribution >= 4 is 5.91 Å². The molecular formula is C18H16N6O2. The number of nitrogens with zero attached hydrogens (tertiary/aromatic N) is 6. The van der Waals surface area contributed by atoms with Gasteiger partial charge in [0.05, 0.1) is 12.2 Å². The van der Waals surface area contributed by atoms with Crippen molar-refractivity contribution in [3.05, 3.63) is 36.1 Å². The number of aromatic nitrogens is 2. The second kappa shape index (κ2) is 6.16. The number of nitriles is 2. The van der Waals surface area contributed by atoms with Crippen LogP contribution < -0.4 is 0 Å². The van der Waals surface area contributed by atoms with Gasteiger partial charge in [-0.1, -0.05) is 0 Å². The van der Waals surface area contributed by atoms with Crippen LogP contribution in [-0.4, -0.2) is 50.8 Å². The van der Waals surface area contributed by atoms with Crippen LogP contribution in [0.4, 0.5) is 0 Å². The van der Waals surface area contributed by atoms with Crippen molar-refractivity contribution in [1.82, 2.24) is 19.8 Å². The number of carbonyl (C=O) groups excluding carboxylic acids is 1. The fourth-order valence-corrected chi connectivity index (χ4v) is 3.93. The SMILES string of the molecule is CC1C2CCN(C(=O)c3ncc(-c4ccnc(C#N)c4)o3)[C@H]2CN1C#N. The Morgan fingerprint density at radius 3 is 3.00 bits per heavy atom. The molecule has 2 aliphatic rings. The van der Waals surface area contributed by atoms with E-state index < -0.39 is 0 Å². The Hall–Kier alpha value is -3.39. The van der Waals surface area contributed by atoms with Gasteiger partial charge in [0.15, 0.2) is 12.0 Å². The van der Waals surface area contributed by atoms with Crippen molar-refractivity contribution in [2.45, 2.75) is 25.4 Å². The summed E-state index contributed by atoms with van der Waals surface area (Å²) in [6, 6.07) is 5.41. The van der Waals surface area contributed by atoms with Crippen LogP contribution in [0.1, 0.15) is 29.7 Å². The van der Waals surface area contributed by atoms with E-state index in [9.17, 15) is 10.1 Å². The highest BCUT2D eigenvalue weighted by molar-refractivity contribution is 5.90. The average molecular weight is 348 g/mol. The molecule has 2 aromatic rings. The molecule has 2 saturated heterocycles. The van der Waals surface area contributed by atoms with Gasteiger partial charge in [0.25, 0.3) is 5.89 Å². The summed E-state index contributed by atoms with van der Waals surface area (Å²) in [5.74, 6) is 0.484. The summed E-state index contributed by atoms with van der Waals surface area (Å²) in [5, 5.41) is 18.2. The number of fused-ring (bicyclic) bond motifs is 1. The van der Waals surface area contributed by atoms with E-state index in [1.165, 1.54) is 12.4 Å². The van der Waals surface area contributed by atoms with Gasteiger partial charge in [-0.25, -0.2) is 9.97 Å². The maximum atomic E-state index is 12.9. The predicted molar refractivity (Wildman–Crippen MR) is 89.2 cm³/mol. The van der Waals surface area contributed by atoms with Crippen molar-refractivity contribution in [3.8, 4) is 23.6 Å². The molecule has 0 spiro atoms. The molecule has 2 fully saturated rings. The third-order valence-electron chi connectivity index (χ3n) is 5.33. The predicted octanol–water partition coefficient (Wildman–Crippen LogP) is 1.62. The number of carbonyl (C=O) groups is 1. The van der Waals surface area contributed by atoms with E-state index in [4.69, 9.17) is 9.68 Å². The van der Waals surface area contributed by atoms with Crippen molar-refractivity contribution in [3.63, 3.8) is 0 Å². The maximum absolute atomic E-state index is 12.9. The fourth-order valence-electron chi connectivity index (χ4n) is 3.93. The number of oxazole rings is 1. The average Bonchev–Trinajstić information content (AvgIpc) is 3.38. The Morgan fingerprint density at radius 2 is 2.23 bits per heavy atom. The minimum Gasteiger partial charge on any atom is -0.432 e. The molecule has 4 heterocycles. The number of hydrogen-bond donors (Lipinski definition) is 0. The van der Waals surface area contributed by atoms with Crippen LogP contribution >= 0.6 is 0 Å². The van der Waals surface area contributed by atoms with Gasteiger partial charge >= 0.3 is 5.91 Å². The molecule has 4 rings (SSSR count). The third kappa shape index (κ3) is 2.47. The van der Waals surface area contributed by atoms with Crippen molar-refractivity contribution < 1.29 is 9.21 Å². The normalized spacial score (nSPS) is 24.2. The summed E-state index contributed by atoms with van der Waals surface area (Å²) in [7, 11) is 0.